The van der Waals surface area contributed by atoms with Crippen LogP contribution in [0.5, 0.6) is 0 Å². The van der Waals surface area contributed by atoms with Gasteiger partial charge in [0.05, 0.1) is 13.0 Å². The molecule has 0 radical (unpaired) electrons. The van der Waals surface area contributed by atoms with E-state index in [2.05, 4.69) is 18.7 Å². The van der Waals surface area contributed by atoms with Gasteiger partial charge in [-0.2, -0.15) is 11.8 Å². The molecular weight excluding hydrogens is 222 g/mol. The highest BCUT2D eigenvalue weighted by Gasteiger charge is 2.25. The number of ether oxygens (including phenoxy) is 1. The second-order valence-corrected chi connectivity index (χ2v) is 6.89. The number of carbonyl (C=O) groups excluding carboxylic acids is 1. The first-order chi connectivity index (χ1) is 7.44. The van der Waals surface area contributed by atoms with Crippen LogP contribution in [0.4, 0.5) is 0 Å². The van der Waals surface area contributed by atoms with E-state index in [0.29, 0.717) is 4.75 Å². The molecular formula is C12H23NO2S. The van der Waals surface area contributed by atoms with E-state index in [-0.39, 0.29) is 11.9 Å². The third kappa shape index (κ3) is 4.34. The number of methoxy groups -OCH3 is 1. The lowest BCUT2D eigenvalue weighted by Crippen LogP contribution is -2.34. The van der Waals surface area contributed by atoms with E-state index in [1.807, 2.05) is 18.7 Å². The van der Waals surface area contributed by atoms with Gasteiger partial charge >= 0.3 is 5.97 Å². The van der Waals surface area contributed by atoms with Gasteiger partial charge in [0.25, 0.3) is 0 Å². The molecule has 1 saturated heterocycles. The SMILES string of the molecule is COC(=O)C(C)CN1CCSC(C)(C)CC1. The summed E-state index contributed by atoms with van der Waals surface area (Å²) >= 11 is 2.03. The number of hydrogen-bond donors (Lipinski definition) is 0. The van der Waals surface area contributed by atoms with Crippen LogP contribution in [-0.4, -0.2) is 48.1 Å². The molecule has 0 aromatic heterocycles. The maximum absolute atomic E-state index is 11.3. The predicted molar refractivity (Wildman–Crippen MR) is 68.8 cm³/mol. The van der Waals surface area contributed by atoms with Crippen molar-refractivity contribution in [1.29, 1.82) is 0 Å². The fraction of sp³-hybridized carbons (Fsp3) is 0.917. The van der Waals surface area contributed by atoms with Crippen LogP contribution in [0.15, 0.2) is 0 Å². The lowest BCUT2D eigenvalue weighted by molar-refractivity contribution is -0.145. The predicted octanol–water partition coefficient (Wildman–Crippen LogP) is 2.01. The molecule has 0 spiro atoms. The number of thioether (sulfide) groups is 1. The van der Waals surface area contributed by atoms with E-state index in [4.69, 9.17) is 4.74 Å². The molecule has 1 rings (SSSR count). The smallest absolute Gasteiger partial charge is 0.309 e. The average Bonchev–Trinajstić information content (AvgIpc) is 2.39. The molecule has 0 saturated carbocycles. The first-order valence-corrected chi connectivity index (χ1v) is 6.87. The molecule has 0 aliphatic carbocycles. The summed E-state index contributed by atoms with van der Waals surface area (Å²) in [7, 11) is 1.46. The van der Waals surface area contributed by atoms with Gasteiger partial charge in [-0.15, -0.1) is 0 Å². The molecule has 4 heteroatoms. The monoisotopic (exact) mass is 245 g/mol. The van der Waals surface area contributed by atoms with Crippen LogP contribution >= 0.6 is 11.8 Å². The maximum atomic E-state index is 11.3. The summed E-state index contributed by atoms with van der Waals surface area (Å²) in [4.78, 5) is 13.7. The molecule has 3 nitrogen and oxygen atoms in total. The van der Waals surface area contributed by atoms with Gasteiger partial charge in [-0.25, -0.2) is 0 Å². The molecule has 94 valence electrons. The molecule has 16 heavy (non-hydrogen) atoms. The Morgan fingerprint density at radius 3 is 2.81 bits per heavy atom. The molecule has 1 aliphatic heterocycles. The Hall–Kier alpha value is -0.220. The highest BCUT2D eigenvalue weighted by Crippen LogP contribution is 2.30. The fourth-order valence-corrected chi connectivity index (χ4v) is 3.05. The minimum Gasteiger partial charge on any atom is -0.469 e. The topological polar surface area (TPSA) is 29.5 Å². The van der Waals surface area contributed by atoms with Crippen molar-refractivity contribution in [3.63, 3.8) is 0 Å². The molecule has 1 unspecified atom stereocenters. The van der Waals surface area contributed by atoms with Crippen LogP contribution in [0, 0.1) is 5.92 Å². The molecule has 1 fully saturated rings. The molecule has 0 bridgehead atoms. The number of rotatable bonds is 3. The average molecular weight is 245 g/mol. The van der Waals surface area contributed by atoms with Gasteiger partial charge in [-0.1, -0.05) is 20.8 Å². The van der Waals surface area contributed by atoms with Gasteiger partial charge in [-0.05, 0) is 13.0 Å². The van der Waals surface area contributed by atoms with Crippen molar-refractivity contribution in [2.75, 3.05) is 32.5 Å². The van der Waals surface area contributed by atoms with E-state index in [0.717, 1.165) is 25.4 Å². The lowest BCUT2D eigenvalue weighted by Gasteiger charge is -2.24. The van der Waals surface area contributed by atoms with Crippen molar-refractivity contribution in [2.24, 2.45) is 5.92 Å². The van der Waals surface area contributed by atoms with Gasteiger partial charge in [0.1, 0.15) is 0 Å². The molecule has 0 N–H and O–H groups in total. The summed E-state index contributed by atoms with van der Waals surface area (Å²) in [5.41, 5.74) is 0. The molecule has 0 aromatic carbocycles. The summed E-state index contributed by atoms with van der Waals surface area (Å²) in [6, 6.07) is 0. The number of carbonyl (C=O) groups is 1. The van der Waals surface area contributed by atoms with E-state index in [1.165, 1.54) is 13.5 Å². The molecule has 0 aromatic rings. The Labute approximate surface area is 103 Å². The summed E-state index contributed by atoms with van der Waals surface area (Å²) in [5.74, 6) is 1.04. The van der Waals surface area contributed by atoms with Crippen molar-refractivity contribution in [1.82, 2.24) is 4.90 Å². The summed E-state index contributed by atoms with van der Waals surface area (Å²) in [5, 5.41) is 0. The van der Waals surface area contributed by atoms with Crippen LogP contribution in [-0.2, 0) is 9.53 Å². The second-order valence-electron chi connectivity index (χ2n) is 5.08. The number of hydrogen-bond acceptors (Lipinski definition) is 4. The first kappa shape index (κ1) is 13.8. The highest BCUT2D eigenvalue weighted by molar-refractivity contribution is 8.00. The van der Waals surface area contributed by atoms with Gasteiger partial charge in [0.2, 0.25) is 0 Å². The Morgan fingerprint density at radius 2 is 2.19 bits per heavy atom. The van der Waals surface area contributed by atoms with Gasteiger partial charge in [0, 0.05) is 23.6 Å². The van der Waals surface area contributed by atoms with Crippen LogP contribution in [0.25, 0.3) is 0 Å². The maximum Gasteiger partial charge on any atom is 0.309 e. The zero-order valence-electron chi connectivity index (χ0n) is 10.8. The summed E-state index contributed by atoms with van der Waals surface area (Å²) in [6.07, 6.45) is 1.19. The summed E-state index contributed by atoms with van der Waals surface area (Å²) in [6.45, 7) is 9.52. The first-order valence-electron chi connectivity index (χ1n) is 5.89. The largest absolute Gasteiger partial charge is 0.469 e. The van der Waals surface area contributed by atoms with Crippen LogP contribution < -0.4 is 0 Å². The molecule has 0 amide bonds. The van der Waals surface area contributed by atoms with Crippen molar-refractivity contribution in [2.45, 2.75) is 31.9 Å². The fourth-order valence-electron chi connectivity index (χ4n) is 1.91. The molecule has 1 atom stereocenters. The van der Waals surface area contributed by atoms with E-state index < -0.39 is 0 Å². The minimum absolute atomic E-state index is 0.0174. The van der Waals surface area contributed by atoms with Crippen molar-refractivity contribution >= 4 is 17.7 Å². The van der Waals surface area contributed by atoms with Gasteiger partial charge in [0.15, 0.2) is 0 Å². The minimum atomic E-state index is -0.101. The Bertz CT molecular complexity index is 243. The van der Waals surface area contributed by atoms with Crippen molar-refractivity contribution in [3.8, 4) is 0 Å². The third-order valence-corrected chi connectivity index (χ3v) is 4.44. The van der Waals surface area contributed by atoms with Crippen LogP contribution in [0.1, 0.15) is 27.2 Å². The Morgan fingerprint density at radius 1 is 1.50 bits per heavy atom. The molecule has 1 aliphatic rings. The summed E-state index contributed by atoms with van der Waals surface area (Å²) < 4.78 is 5.13. The normalized spacial score (nSPS) is 23.5. The van der Waals surface area contributed by atoms with E-state index >= 15 is 0 Å². The van der Waals surface area contributed by atoms with Gasteiger partial charge in [-0.3, -0.25) is 4.79 Å². The van der Waals surface area contributed by atoms with Crippen molar-refractivity contribution < 1.29 is 9.53 Å². The van der Waals surface area contributed by atoms with E-state index in [9.17, 15) is 4.79 Å². The van der Waals surface area contributed by atoms with E-state index in [1.54, 1.807) is 0 Å². The second kappa shape index (κ2) is 5.92. The quantitative estimate of drug-likeness (QED) is 0.711. The number of nitrogens with zero attached hydrogens (tertiary/aromatic N) is 1. The standard InChI is InChI=1S/C12H23NO2S/c1-10(11(14)15-4)9-13-6-5-12(2,3)16-8-7-13/h10H,5-9H2,1-4H3. The Kier molecular flexibility index (Phi) is 5.12. The van der Waals surface area contributed by atoms with Crippen LogP contribution in [0.2, 0.25) is 0 Å². The highest BCUT2D eigenvalue weighted by atomic mass is 32.2. The number of esters is 1. The van der Waals surface area contributed by atoms with Crippen LogP contribution in [0.3, 0.4) is 0 Å². The van der Waals surface area contributed by atoms with Gasteiger partial charge < -0.3 is 9.64 Å². The Balaban J connectivity index is 2.41. The zero-order chi connectivity index (χ0) is 12.2. The zero-order valence-corrected chi connectivity index (χ0v) is 11.6. The third-order valence-electron chi connectivity index (χ3n) is 3.07. The molecule has 1 heterocycles. The van der Waals surface area contributed by atoms with Crippen molar-refractivity contribution in [3.05, 3.63) is 0 Å². The lowest BCUT2D eigenvalue weighted by atomic mass is 10.1.